The fourth-order valence-electron chi connectivity index (χ4n) is 2.13. The van der Waals surface area contributed by atoms with Crippen LogP contribution in [0.5, 0.6) is 5.75 Å². The quantitative estimate of drug-likeness (QED) is 0.813. The standard InChI is InChI=1S/C16H16F3NO4S/c1-24-13-8-5-9-14(10-13)25(22,23)20-11-15(21,16(17,18)19)12-6-3-2-4-7-12/h2-10,20-21H,11H2,1H3. The summed E-state index contributed by atoms with van der Waals surface area (Å²) in [5.41, 5.74) is -3.82. The molecule has 0 aliphatic rings. The van der Waals surface area contributed by atoms with E-state index in [1.54, 1.807) is 0 Å². The van der Waals surface area contributed by atoms with Gasteiger partial charge in [0.2, 0.25) is 10.0 Å². The van der Waals surface area contributed by atoms with E-state index in [0.717, 1.165) is 18.2 Å². The van der Waals surface area contributed by atoms with Gasteiger partial charge in [0, 0.05) is 6.07 Å². The van der Waals surface area contributed by atoms with Crippen molar-refractivity contribution in [1.82, 2.24) is 4.72 Å². The van der Waals surface area contributed by atoms with Gasteiger partial charge < -0.3 is 9.84 Å². The first-order valence-electron chi connectivity index (χ1n) is 7.08. The number of hydrogen-bond acceptors (Lipinski definition) is 4. The molecular formula is C16H16F3NO4S. The Morgan fingerprint density at radius 1 is 1.08 bits per heavy atom. The number of ether oxygens (including phenoxy) is 1. The van der Waals surface area contributed by atoms with Crippen LogP contribution in [-0.4, -0.2) is 33.4 Å². The van der Waals surface area contributed by atoms with Gasteiger partial charge in [-0.3, -0.25) is 0 Å². The molecule has 0 aliphatic carbocycles. The minimum Gasteiger partial charge on any atom is -0.497 e. The van der Waals surface area contributed by atoms with E-state index in [1.807, 2.05) is 4.72 Å². The van der Waals surface area contributed by atoms with Gasteiger partial charge in [0.1, 0.15) is 5.75 Å². The van der Waals surface area contributed by atoms with Crippen molar-refractivity contribution in [3.8, 4) is 5.75 Å². The summed E-state index contributed by atoms with van der Waals surface area (Å²) < 4.78 is 71.4. The van der Waals surface area contributed by atoms with Crippen molar-refractivity contribution < 1.29 is 31.4 Å². The third kappa shape index (κ3) is 4.12. The highest BCUT2D eigenvalue weighted by atomic mass is 32.2. The summed E-state index contributed by atoms with van der Waals surface area (Å²) in [6, 6.07) is 11.5. The van der Waals surface area contributed by atoms with E-state index in [9.17, 15) is 26.7 Å². The van der Waals surface area contributed by atoms with E-state index in [4.69, 9.17) is 4.74 Å². The van der Waals surface area contributed by atoms with E-state index in [1.165, 1.54) is 43.5 Å². The molecule has 0 spiro atoms. The van der Waals surface area contributed by atoms with Gasteiger partial charge in [-0.15, -0.1) is 0 Å². The maximum Gasteiger partial charge on any atom is 0.422 e. The number of nitrogens with one attached hydrogen (secondary N) is 1. The molecule has 1 atom stereocenters. The smallest absolute Gasteiger partial charge is 0.422 e. The van der Waals surface area contributed by atoms with Gasteiger partial charge in [0.15, 0.2) is 5.60 Å². The molecule has 9 heteroatoms. The van der Waals surface area contributed by atoms with Gasteiger partial charge in [-0.05, 0) is 17.7 Å². The average molecular weight is 375 g/mol. The Hall–Kier alpha value is -2.10. The zero-order valence-electron chi connectivity index (χ0n) is 13.1. The van der Waals surface area contributed by atoms with Crippen molar-refractivity contribution in [1.29, 1.82) is 0 Å². The number of benzene rings is 2. The SMILES string of the molecule is COc1cccc(S(=O)(=O)NCC(O)(c2ccccc2)C(F)(F)F)c1. The van der Waals surface area contributed by atoms with Crippen LogP contribution < -0.4 is 9.46 Å². The highest BCUT2D eigenvalue weighted by molar-refractivity contribution is 7.89. The first-order valence-corrected chi connectivity index (χ1v) is 8.57. The monoisotopic (exact) mass is 375 g/mol. The van der Waals surface area contributed by atoms with Crippen molar-refractivity contribution in [2.24, 2.45) is 0 Å². The van der Waals surface area contributed by atoms with Gasteiger partial charge in [-0.1, -0.05) is 36.4 Å². The van der Waals surface area contributed by atoms with Crippen LogP contribution in [0.2, 0.25) is 0 Å². The van der Waals surface area contributed by atoms with Crippen molar-refractivity contribution in [2.45, 2.75) is 16.7 Å². The Balaban J connectivity index is 2.32. The Morgan fingerprint density at radius 3 is 2.28 bits per heavy atom. The molecule has 0 radical (unpaired) electrons. The first-order chi connectivity index (χ1) is 11.6. The highest BCUT2D eigenvalue weighted by Crippen LogP contribution is 2.38. The fraction of sp³-hybridized carbons (Fsp3) is 0.250. The Morgan fingerprint density at radius 2 is 1.72 bits per heavy atom. The van der Waals surface area contributed by atoms with Crippen molar-refractivity contribution in [2.75, 3.05) is 13.7 Å². The zero-order chi connectivity index (χ0) is 18.7. The summed E-state index contributed by atoms with van der Waals surface area (Å²) in [7, 11) is -2.95. The number of alkyl halides is 3. The summed E-state index contributed by atoms with van der Waals surface area (Å²) >= 11 is 0. The molecule has 0 amide bonds. The normalized spacial score (nSPS) is 14.8. The predicted octanol–water partition coefficient (Wildman–Crippen LogP) is 2.42. The van der Waals surface area contributed by atoms with E-state index in [2.05, 4.69) is 0 Å². The number of hydrogen-bond donors (Lipinski definition) is 2. The molecule has 1 unspecified atom stereocenters. The lowest BCUT2D eigenvalue weighted by Crippen LogP contribution is -2.51. The molecule has 0 bridgehead atoms. The van der Waals surface area contributed by atoms with Crippen molar-refractivity contribution in [3.63, 3.8) is 0 Å². The van der Waals surface area contributed by atoms with Gasteiger partial charge >= 0.3 is 6.18 Å². The Labute approximate surface area is 143 Å². The molecule has 25 heavy (non-hydrogen) atoms. The Bertz CT molecular complexity index is 825. The van der Waals surface area contributed by atoms with Crippen molar-refractivity contribution in [3.05, 3.63) is 60.2 Å². The van der Waals surface area contributed by atoms with Crippen LogP contribution >= 0.6 is 0 Å². The van der Waals surface area contributed by atoms with Gasteiger partial charge in [-0.25, -0.2) is 13.1 Å². The molecule has 0 saturated heterocycles. The molecule has 0 heterocycles. The lowest BCUT2D eigenvalue weighted by molar-refractivity contribution is -0.263. The molecule has 2 aromatic carbocycles. The van der Waals surface area contributed by atoms with E-state index in [0.29, 0.717) is 0 Å². The third-order valence-electron chi connectivity index (χ3n) is 3.59. The molecule has 0 aliphatic heterocycles. The number of rotatable bonds is 6. The van der Waals surface area contributed by atoms with Gasteiger partial charge in [-0.2, -0.15) is 13.2 Å². The minimum atomic E-state index is -5.08. The van der Waals surface area contributed by atoms with E-state index < -0.39 is 33.9 Å². The molecule has 0 aromatic heterocycles. The molecule has 0 fully saturated rings. The summed E-state index contributed by atoms with van der Waals surface area (Å²) in [4.78, 5) is -0.274. The third-order valence-corrected chi connectivity index (χ3v) is 4.99. The minimum absolute atomic E-state index is 0.233. The molecular weight excluding hydrogens is 359 g/mol. The zero-order valence-corrected chi connectivity index (χ0v) is 13.9. The largest absolute Gasteiger partial charge is 0.497 e. The second-order valence-electron chi connectivity index (χ2n) is 5.23. The summed E-state index contributed by atoms with van der Waals surface area (Å²) in [5, 5.41) is 10.2. The Kier molecular flexibility index (Phi) is 5.40. The van der Waals surface area contributed by atoms with Gasteiger partial charge in [0.05, 0.1) is 18.6 Å². The van der Waals surface area contributed by atoms with Crippen LogP contribution in [0.1, 0.15) is 5.56 Å². The highest BCUT2D eigenvalue weighted by Gasteiger charge is 2.55. The maximum atomic E-state index is 13.4. The first kappa shape index (κ1) is 19.2. The summed E-state index contributed by atoms with van der Waals surface area (Å²) in [5.74, 6) is 0.233. The number of sulfonamides is 1. The van der Waals surface area contributed by atoms with Crippen LogP contribution in [0.15, 0.2) is 59.5 Å². The second-order valence-corrected chi connectivity index (χ2v) is 6.99. The molecule has 5 nitrogen and oxygen atoms in total. The van der Waals surface area contributed by atoms with Crippen molar-refractivity contribution >= 4 is 10.0 Å². The van der Waals surface area contributed by atoms with E-state index >= 15 is 0 Å². The molecule has 2 N–H and O–H groups in total. The number of halogens is 3. The summed E-state index contributed by atoms with van der Waals surface area (Å²) in [6.45, 7) is -1.26. The second kappa shape index (κ2) is 7.03. The van der Waals surface area contributed by atoms with E-state index in [-0.39, 0.29) is 10.6 Å². The predicted molar refractivity (Wildman–Crippen MR) is 84.6 cm³/mol. The fourth-order valence-corrected chi connectivity index (χ4v) is 3.23. The van der Waals surface area contributed by atoms with Crippen LogP contribution in [0.4, 0.5) is 13.2 Å². The average Bonchev–Trinajstić information content (AvgIpc) is 2.59. The molecule has 136 valence electrons. The number of aliphatic hydroxyl groups is 1. The van der Waals surface area contributed by atoms with Crippen LogP contribution in [-0.2, 0) is 15.6 Å². The number of methoxy groups -OCH3 is 1. The van der Waals surface area contributed by atoms with Crippen LogP contribution in [0, 0.1) is 0 Å². The molecule has 2 rings (SSSR count). The molecule has 2 aromatic rings. The van der Waals surface area contributed by atoms with Gasteiger partial charge in [0.25, 0.3) is 0 Å². The topological polar surface area (TPSA) is 75.6 Å². The summed E-state index contributed by atoms with van der Waals surface area (Å²) in [6.07, 6.45) is -5.08. The molecule has 0 saturated carbocycles. The lowest BCUT2D eigenvalue weighted by atomic mass is 9.93. The van der Waals surface area contributed by atoms with Crippen LogP contribution in [0.25, 0.3) is 0 Å². The maximum absolute atomic E-state index is 13.4. The lowest BCUT2D eigenvalue weighted by Gasteiger charge is -2.31. The van der Waals surface area contributed by atoms with Crippen LogP contribution in [0.3, 0.4) is 0 Å².